The first kappa shape index (κ1) is 5.58. The van der Waals surface area contributed by atoms with Crippen LogP contribution in [0.25, 0.3) is 0 Å². The third kappa shape index (κ3) is 3.58. The Kier molecular flexibility index (Phi) is 2.60. The van der Waals surface area contributed by atoms with Gasteiger partial charge < -0.3 is 9.92 Å². The molecular formula is CH4N2O2S. The molecule has 0 aromatic carbocycles. The first-order valence-electron chi connectivity index (χ1n) is 1.10. The molecule has 0 atom stereocenters. The van der Waals surface area contributed by atoms with Gasteiger partial charge in [0, 0.05) is 0 Å². The van der Waals surface area contributed by atoms with Crippen molar-refractivity contribution < 1.29 is 8.98 Å². The minimum atomic E-state index is -0.873. The van der Waals surface area contributed by atoms with Gasteiger partial charge in [-0.3, -0.25) is 0 Å². The number of hydrogen-bond donors (Lipinski definition) is 2. The zero-order valence-electron chi connectivity index (χ0n) is 2.88. The predicted octanol–water partition coefficient (Wildman–Crippen LogP) is -0.396. The van der Waals surface area contributed by atoms with Crippen LogP contribution in [0.3, 0.4) is 0 Å². The van der Waals surface area contributed by atoms with E-state index in [2.05, 4.69) is 15.1 Å². The van der Waals surface area contributed by atoms with Crippen LogP contribution in [-0.2, 0) is 4.18 Å². The van der Waals surface area contributed by atoms with Crippen molar-refractivity contribution in [2.75, 3.05) is 0 Å². The summed E-state index contributed by atoms with van der Waals surface area (Å²) in [6.07, 6.45) is -0.873. The zero-order chi connectivity index (χ0) is 4.99. The van der Waals surface area contributed by atoms with Crippen molar-refractivity contribution in [2.45, 2.75) is 0 Å². The Morgan fingerprint density at radius 1 is 1.83 bits per heavy atom. The summed E-state index contributed by atoms with van der Waals surface area (Å²) < 4.78 is 3.88. The molecule has 5 heteroatoms. The molecule has 0 aliphatic rings. The van der Waals surface area contributed by atoms with E-state index in [0.29, 0.717) is 12.2 Å². The van der Waals surface area contributed by atoms with Crippen molar-refractivity contribution in [3.8, 4) is 0 Å². The molecule has 0 aliphatic carbocycles. The maximum absolute atomic E-state index is 9.50. The summed E-state index contributed by atoms with van der Waals surface area (Å²) in [6.45, 7) is 0. The standard InChI is InChI=1S/CH4N2O2S/c2-1(4)5-6-3/h3H2,(H2,2,4). The predicted molar refractivity (Wildman–Crippen MR) is 22.4 cm³/mol. The second kappa shape index (κ2) is 2.80. The van der Waals surface area contributed by atoms with Gasteiger partial charge in [0.2, 0.25) is 0 Å². The number of carbonyl (C=O) groups is 1. The third-order valence-corrected chi connectivity index (χ3v) is 0.391. The molecule has 0 unspecified atom stereocenters. The van der Waals surface area contributed by atoms with Gasteiger partial charge in [-0.25, -0.2) is 9.93 Å². The van der Waals surface area contributed by atoms with E-state index in [0.717, 1.165) is 0 Å². The lowest BCUT2D eigenvalue weighted by atomic mass is 11.3. The van der Waals surface area contributed by atoms with Crippen LogP contribution in [0.1, 0.15) is 0 Å². The van der Waals surface area contributed by atoms with Gasteiger partial charge in [-0.2, -0.15) is 0 Å². The molecule has 0 rings (SSSR count). The fourth-order valence-electron chi connectivity index (χ4n) is 0.0474. The highest BCUT2D eigenvalue weighted by molar-refractivity contribution is 7.92. The van der Waals surface area contributed by atoms with Gasteiger partial charge in [-0.15, -0.1) is 0 Å². The van der Waals surface area contributed by atoms with Gasteiger partial charge in [-0.05, 0) is 0 Å². The van der Waals surface area contributed by atoms with Gasteiger partial charge in [0.1, 0.15) is 12.2 Å². The van der Waals surface area contributed by atoms with Crippen LogP contribution < -0.4 is 10.9 Å². The average molecular weight is 108 g/mol. The molecule has 0 saturated heterocycles. The molecule has 1 amide bonds. The quantitative estimate of drug-likeness (QED) is 0.354. The molecule has 6 heavy (non-hydrogen) atoms. The molecule has 0 heterocycles. The highest BCUT2D eigenvalue weighted by atomic mass is 32.2. The summed E-state index contributed by atoms with van der Waals surface area (Å²) in [5.74, 6) is 0. The maximum Gasteiger partial charge on any atom is 0.417 e. The summed E-state index contributed by atoms with van der Waals surface area (Å²) in [5, 5.41) is 4.62. The van der Waals surface area contributed by atoms with Crippen LogP contribution in [0.4, 0.5) is 4.79 Å². The number of nitrogens with two attached hydrogens (primary N) is 2. The zero-order valence-corrected chi connectivity index (χ0v) is 3.70. The first-order chi connectivity index (χ1) is 2.77. The van der Waals surface area contributed by atoms with Crippen LogP contribution in [0.5, 0.6) is 0 Å². The summed E-state index contributed by atoms with van der Waals surface area (Å²) >= 11 is 0.435. The van der Waals surface area contributed by atoms with Crippen molar-refractivity contribution in [1.82, 2.24) is 0 Å². The van der Waals surface area contributed by atoms with Crippen molar-refractivity contribution in [1.29, 1.82) is 0 Å². The lowest BCUT2D eigenvalue weighted by Gasteiger charge is -1.85. The lowest BCUT2D eigenvalue weighted by molar-refractivity contribution is 0.218. The van der Waals surface area contributed by atoms with Crippen LogP contribution in [0.15, 0.2) is 0 Å². The van der Waals surface area contributed by atoms with E-state index < -0.39 is 6.09 Å². The van der Waals surface area contributed by atoms with Gasteiger partial charge >= 0.3 is 6.09 Å². The highest BCUT2D eigenvalue weighted by Crippen LogP contribution is 1.84. The van der Waals surface area contributed by atoms with Crippen LogP contribution in [0, 0.1) is 0 Å². The van der Waals surface area contributed by atoms with Crippen molar-refractivity contribution in [3.05, 3.63) is 0 Å². The monoisotopic (exact) mass is 108 g/mol. The molecule has 4 nitrogen and oxygen atoms in total. The Labute approximate surface area is 39.2 Å². The molecular weight excluding hydrogens is 104 g/mol. The Balaban J connectivity index is 2.83. The van der Waals surface area contributed by atoms with E-state index in [1.54, 1.807) is 0 Å². The number of carbonyl (C=O) groups excluding carboxylic acids is 1. The molecule has 0 aromatic heterocycles. The molecule has 0 bridgehead atoms. The molecule has 0 aliphatic heterocycles. The maximum atomic E-state index is 9.50. The van der Waals surface area contributed by atoms with E-state index in [4.69, 9.17) is 0 Å². The molecule has 0 radical (unpaired) electrons. The van der Waals surface area contributed by atoms with Crippen molar-refractivity contribution in [3.63, 3.8) is 0 Å². The fraction of sp³-hybridized carbons (Fsp3) is 0. The minimum Gasteiger partial charge on any atom is -0.359 e. The Morgan fingerprint density at radius 2 is 2.33 bits per heavy atom. The topological polar surface area (TPSA) is 78.3 Å². The van der Waals surface area contributed by atoms with E-state index in [-0.39, 0.29) is 0 Å². The summed E-state index contributed by atoms with van der Waals surface area (Å²) in [5.41, 5.74) is 4.44. The minimum absolute atomic E-state index is 0.435. The molecule has 0 aromatic rings. The number of hydrogen-bond acceptors (Lipinski definition) is 4. The van der Waals surface area contributed by atoms with Gasteiger partial charge in [-0.1, -0.05) is 0 Å². The molecule has 4 N–H and O–H groups in total. The second-order valence-corrected chi connectivity index (χ2v) is 0.858. The smallest absolute Gasteiger partial charge is 0.359 e. The second-order valence-electron chi connectivity index (χ2n) is 0.499. The number of primary amides is 1. The van der Waals surface area contributed by atoms with Gasteiger partial charge in [0.15, 0.2) is 0 Å². The third-order valence-electron chi connectivity index (χ3n) is 0.130. The lowest BCUT2D eigenvalue weighted by Crippen LogP contribution is -2.09. The van der Waals surface area contributed by atoms with E-state index >= 15 is 0 Å². The van der Waals surface area contributed by atoms with Crippen LogP contribution in [0.2, 0.25) is 0 Å². The summed E-state index contributed by atoms with van der Waals surface area (Å²) in [6, 6.07) is 0. The summed E-state index contributed by atoms with van der Waals surface area (Å²) in [4.78, 5) is 9.50. The fourth-order valence-corrected chi connectivity index (χ4v) is 0.142. The van der Waals surface area contributed by atoms with Crippen LogP contribution >= 0.6 is 12.2 Å². The highest BCUT2D eigenvalue weighted by Gasteiger charge is 1.85. The SMILES string of the molecule is NSOC(N)=O. The summed E-state index contributed by atoms with van der Waals surface area (Å²) in [7, 11) is 0. The Hall–Kier alpha value is -0.420. The molecule has 0 fully saturated rings. The average Bonchev–Trinajstić information content (AvgIpc) is 1.35. The van der Waals surface area contributed by atoms with Gasteiger partial charge in [0.25, 0.3) is 0 Å². The van der Waals surface area contributed by atoms with E-state index in [1.807, 2.05) is 0 Å². The number of rotatable bonds is 1. The van der Waals surface area contributed by atoms with Crippen molar-refractivity contribution >= 4 is 18.3 Å². The van der Waals surface area contributed by atoms with Gasteiger partial charge in [0.05, 0.1) is 0 Å². The van der Waals surface area contributed by atoms with Crippen LogP contribution in [-0.4, -0.2) is 6.09 Å². The Morgan fingerprint density at radius 3 is 2.33 bits per heavy atom. The number of amides is 1. The van der Waals surface area contributed by atoms with E-state index in [1.165, 1.54) is 0 Å². The first-order valence-corrected chi connectivity index (χ1v) is 1.90. The van der Waals surface area contributed by atoms with Crippen molar-refractivity contribution in [2.24, 2.45) is 10.9 Å². The largest absolute Gasteiger partial charge is 0.417 e. The normalized spacial score (nSPS) is 7.50. The molecule has 0 saturated carbocycles. The molecule has 0 spiro atoms. The Bertz CT molecular complexity index is 55.5. The van der Waals surface area contributed by atoms with E-state index in [9.17, 15) is 4.79 Å². The molecule has 36 valence electrons.